The fraction of sp³-hybridized carbons (Fsp3) is 0.308. The third-order valence-electron chi connectivity index (χ3n) is 2.91. The average Bonchev–Trinajstić information content (AvgIpc) is 2.45. The summed E-state index contributed by atoms with van der Waals surface area (Å²) in [5.41, 5.74) is 0.0322. The van der Waals surface area contributed by atoms with E-state index in [9.17, 15) is 9.59 Å². The molecule has 1 amide bonds. The lowest BCUT2D eigenvalue weighted by Gasteiger charge is -2.13. The number of nitrogens with zero attached hydrogens (tertiary/aromatic N) is 2. The van der Waals surface area contributed by atoms with Crippen LogP contribution in [0.3, 0.4) is 0 Å². The summed E-state index contributed by atoms with van der Waals surface area (Å²) in [6.07, 6.45) is 3.41. The van der Waals surface area contributed by atoms with E-state index in [1.54, 1.807) is 24.4 Å². The molecule has 0 spiro atoms. The van der Waals surface area contributed by atoms with Crippen molar-refractivity contribution in [2.75, 3.05) is 6.61 Å². The summed E-state index contributed by atoms with van der Waals surface area (Å²) in [6, 6.07) is 4.79. The van der Waals surface area contributed by atoms with Crippen molar-refractivity contribution in [2.45, 2.75) is 19.4 Å². The molecule has 0 saturated carbocycles. The second kappa shape index (κ2) is 5.62. The Morgan fingerprint density at radius 3 is 3.00 bits per heavy atom. The molecule has 6 heteroatoms. The van der Waals surface area contributed by atoms with Crippen molar-refractivity contribution >= 4 is 11.6 Å². The van der Waals surface area contributed by atoms with Crippen LogP contribution in [-0.2, 0) is 0 Å². The van der Waals surface area contributed by atoms with Gasteiger partial charge in [-0.05, 0) is 18.6 Å². The highest BCUT2D eigenvalue weighted by Gasteiger charge is 2.16. The number of hydrogen-bond acceptors (Lipinski definition) is 4. The van der Waals surface area contributed by atoms with Crippen molar-refractivity contribution in [1.82, 2.24) is 14.7 Å². The number of aromatic nitrogens is 2. The lowest BCUT2D eigenvalue weighted by atomic mass is 10.2. The van der Waals surface area contributed by atoms with E-state index >= 15 is 0 Å². The first-order valence-corrected chi connectivity index (χ1v) is 6.05. The number of aliphatic hydroxyl groups is 1. The molecule has 0 aliphatic heterocycles. The molecule has 0 bridgehead atoms. The molecule has 0 aliphatic carbocycles. The van der Waals surface area contributed by atoms with Crippen LogP contribution in [0.4, 0.5) is 0 Å². The van der Waals surface area contributed by atoms with Crippen LogP contribution in [0.1, 0.15) is 23.7 Å². The van der Waals surface area contributed by atoms with Crippen LogP contribution in [0.2, 0.25) is 0 Å². The molecule has 0 unspecified atom stereocenters. The average molecular weight is 261 g/mol. The zero-order valence-corrected chi connectivity index (χ0v) is 10.5. The number of rotatable bonds is 4. The largest absolute Gasteiger partial charge is 0.394 e. The molecule has 19 heavy (non-hydrogen) atoms. The molecule has 2 heterocycles. The lowest BCUT2D eigenvalue weighted by molar-refractivity contribution is 0.0913. The van der Waals surface area contributed by atoms with E-state index in [2.05, 4.69) is 10.3 Å². The minimum absolute atomic E-state index is 0.0319. The van der Waals surface area contributed by atoms with Gasteiger partial charge >= 0.3 is 0 Å². The molecule has 0 saturated heterocycles. The molecule has 100 valence electrons. The van der Waals surface area contributed by atoms with Crippen molar-refractivity contribution in [2.24, 2.45) is 0 Å². The summed E-state index contributed by atoms with van der Waals surface area (Å²) in [4.78, 5) is 28.2. The van der Waals surface area contributed by atoms with Gasteiger partial charge in [0.25, 0.3) is 11.5 Å². The highest BCUT2D eigenvalue weighted by molar-refractivity contribution is 5.93. The Kier molecular flexibility index (Phi) is 3.91. The SMILES string of the molecule is CC[C@H](CO)NC(=O)c1cnc2ccccn2c1=O. The van der Waals surface area contributed by atoms with Crippen LogP contribution >= 0.6 is 0 Å². The Morgan fingerprint density at radius 1 is 1.53 bits per heavy atom. The first kappa shape index (κ1) is 13.2. The molecular formula is C13H15N3O3. The van der Waals surface area contributed by atoms with Gasteiger partial charge in [0.2, 0.25) is 0 Å². The minimum atomic E-state index is -0.517. The molecule has 2 N–H and O–H groups in total. The van der Waals surface area contributed by atoms with E-state index in [1.165, 1.54) is 10.6 Å². The number of amides is 1. The lowest BCUT2D eigenvalue weighted by Crippen LogP contribution is -2.40. The van der Waals surface area contributed by atoms with E-state index < -0.39 is 11.5 Å². The third-order valence-corrected chi connectivity index (χ3v) is 2.91. The summed E-state index contributed by atoms with van der Waals surface area (Å²) in [5.74, 6) is -0.517. The maximum atomic E-state index is 12.1. The van der Waals surface area contributed by atoms with Crippen LogP contribution in [0.5, 0.6) is 0 Å². The summed E-state index contributed by atoms with van der Waals surface area (Å²) >= 11 is 0. The normalized spacial score (nSPS) is 12.3. The number of hydrogen-bond donors (Lipinski definition) is 2. The Bertz CT molecular complexity index is 647. The van der Waals surface area contributed by atoms with Crippen LogP contribution < -0.4 is 10.9 Å². The molecule has 2 rings (SSSR count). The fourth-order valence-corrected chi connectivity index (χ4v) is 1.72. The summed E-state index contributed by atoms with van der Waals surface area (Å²) in [5, 5.41) is 11.6. The van der Waals surface area contributed by atoms with Gasteiger partial charge < -0.3 is 10.4 Å². The van der Waals surface area contributed by atoms with Crippen molar-refractivity contribution in [3.05, 3.63) is 46.5 Å². The second-order valence-electron chi connectivity index (χ2n) is 4.17. The Morgan fingerprint density at radius 2 is 2.32 bits per heavy atom. The van der Waals surface area contributed by atoms with Gasteiger partial charge in [-0.3, -0.25) is 14.0 Å². The van der Waals surface area contributed by atoms with Crippen LogP contribution in [-0.4, -0.2) is 33.0 Å². The predicted octanol–water partition coefficient (Wildman–Crippen LogP) is 0.195. The monoisotopic (exact) mass is 261 g/mol. The molecule has 6 nitrogen and oxygen atoms in total. The quantitative estimate of drug-likeness (QED) is 0.823. The number of nitrogens with one attached hydrogen (secondary N) is 1. The summed E-state index contributed by atoms with van der Waals surface area (Å²) < 4.78 is 1.31. The number of pyridine rings is 1. The fourth-order valence-electron chi connectivity index (χ4n) is 1.72. The topological polar surface area (TPSA) is 83.7 Å². The van der Waals surface area contributed by atoms with Crippen LogP contribution in [0, 0.1) is 0 Å². The summed E-state index contributed by atoms with van der Waals surface area (Å²) in [6.45, 7) is 1.68. The Balaban J connectivity index is 2.38. The van der Waals surface area contributed by atoms with E-state index in [-0.39, 0.29) is 18.2 Å². The second-order valence-corrected chi connectivity index (χ2v) is 4.17. The van der Waals surface area contributed by atoms with Crippen molar-refractivity contribution in [1.29, 1.82) is 0 Å². The van der Waals surface area contributed by atoms with Gasteiger partial charge in [0.1, 0.15) is 11.2 Å². The number of fused-ring (bicyclic) bond motifs is 1. The van der Waals surface area contributed by atoms with E-state index in [0.29, 0.717) is 12.1 Å². The first-order chi connectivity index (χ1) is 9.17. The minimum Gasteiger partial charge on any atom is -0.394 e. The van der Waals surface area contributed by atoms with Gasteiger partial charge in [0.15, 0.2) is 0 Å². The third kappa shape index (κ3) is 2.63. The molecule has 0 aliphatic rings. The number of carbonyl (C=O) groups is 1. The molecule has 1 atom stereocenters. The maximum absolute atomic E-state index is 12.1. The molecule has 2 aromatic rings. The maximum Gasteiger partial charge on any atom is 0.270 e. The smallest absolute Gasteiger partial charge is 0.270 e. The van der Waals surface area contributed by atoms with Gasteiger partial charge in [0, 0.05) is 12.4 Å². The summed E-state index contributed by atoms with van der Waals surface area (Å²) in [7, 11) is 0. The van der Waals surface area contributed by atoms with Crippen molar-refractivity contribution in [3.63, 3.8) is 0 Å². The molecular weight excluding hydrogens is 246 g/mol. The van der Waals surface area contributed by atoms with E-state index in [1.807, 2.05) is 6.92 Å². The first-order valence-electron chi connectivity index (χ1n) is 6.05. The standard InChI is InChI=1S/C13H15N3O3/c1-2-9(8-17)15-12(18)10-7-14-11-5-3-4-6-16(11)13(10)19/h3-7,9,17H,2,8H2,1H3,(H,15,18)/t9-/m1/s1. The molecule has 0 aromatic carbocycles. The van der Waals surface area contributed by atoms with Crippen molar-refractivity contribution in [3.8, 4) is 0 Å². The molecule has 0 radical (unpaired) electrons. The van der Waals surface area contributed by atoms with Gasteiger partial charge in [-0.15, -0.1) is 0 Å². The zero-order chi connectivity index (χ0) is 13.8. The van der Waals surface area contributed by atoms with E-state index in [4.69, 9.17) is 5.11 Å². The highest BCUT2D eigenvalue weighted by atomic mass is 16.3. The molecule has 0 fully saturated rings. The van der Waals surface area contributed by atoms with Gasteiger partial charge in [-0.1, -0.05) is 13.0 Å². The van der Waals surface area contributed by atoms with Crippen LogP contribution in [0.25, 0.3) is 5.65 Å². The van der Waals surface area contributed by atoms with Crippen LogP contribution in [0.15, 0.2) is 35.4 Å². The number of aliphatic hydroxyl groups excluding tert-OH is 1. The predicted molar refractivity (Wildman–Crippen MR) is 70.1 cm³/mol. The van der Waals surface area contributed by atoms with Gasteiger partial charge in [-0.25, -0.2) is 4.98 Å². The van der Waals surface area contributed by atoms with E-state index in [0.717, 1.165) is 0 Å². The Hall–Kier alpha value is -2.21. The zero-order valence-electron chi connectivity index (χ0n) is 10.5. The highest BCUT2D eigenvalue weighted by Crippen LogP contribution is 1.99. The van der Waals surface area contributed by atoms with Crippen molar-refractivity contribution < 1.29 is 9.90 Å². The molecule has 2 aromatic heterocycles. The van der Waals surface area contributed by atoms with Gasteiger partial charge in [0.05, 0.1) is 12.6 Å². The number of carbonyl (C=O) groups excluding carboxylic acids is 1. The van der Waals surface area contributed by atoms with Gasteiger partial charge in [-0.2, -0.15) is 0 Å². The Labute approximate surface area is 109 Å².